The smallest absolute Gasteiger partial charge is 0.258 e. The molecule has 14 heteroatoms. The molecule has 0 aliphatic heterocycles. The van der Waals surface area contributed by atoms with Gasteiger partial charge in [0, 0.05) is 37.4 Å². The van der Waals surface area contributed by atoms with Crippen LogP contribution in [0.15, 0.2) is 82.6 Å². The Morgan fingerprint density at radius 2 is 0.971 bits per heavy atom. The highest BCUT2D eigenvalue weighted by atomic mass is 32.2. The van der Waals surface area contributed by atoms with Crippen molar-refractivity contribution in [3.05, 3.63) is 104 Å². The van der Waals surface area contributed by atoms with E-state index in [1.165, 1.54) is 0 Å². The lowest BCUT2D eigenvalue weighted by Gasteiger charge is -2.10. The minimum atomic E-state index is -3.93. The average Bonchev–Trinajstić information content (AvgIpc) is 2.82. The Labute approximate surface area is 194 Å². The summed E-state index contributed by atoms with van der Waals surface area (Å²) in [5, 5.41) is 21.4. The second-order valence-electron chi connectivity index (χ2n) is 6.97. The summed E-state index contributed by atoms with van der Waals surface area (Å²) in [6, 6.07) is 15.4. The Hall–Kier alpha value is -3.72. The van der Waals surface area contributed by atoms with E-state index in [1.807, 2.05) is 0 Å². The van der Waals surface area contributed by atoms with Crippen LogP contribution in [0.25, 0.3) is 0 Å². The van der Waals surface area contributed by atoms with Crippen LogP contribution < -0.4 is 9.44 Å². The van der Waals surface area contributed by atoms with Gasteiger partial charge >= 0.3 is 0 Å². The topological polar surface area (TPSA) is 179 Å². The van der Waals surface area contributed by atoms with E-state index in [0.717, 1.165) is 48.5 Å². The standard InChI is InChI=1S/C20H18N4O8S2/c25-23(26)17-4-8-19(9-5-17)33(29,30)21-13-15-2-1-3-16(12-15)14-22-34(31,32)20-10-6-18(7-11-20)24(27)28/h1-12,21-22H,13-14H2. The SMILES string of the molecule is O=[N+]([O-])c1ccc(S(=O)(=O)NCc2cccc(CNS(=O)(=O)c3ccc([N+](=O)[O-])cc3)c2)cc1. The zero-order chi connectivity index (χ0) is 24.9. The van der Waals surface area contributed by atoms with Crippen molar-refractivity contribution >= 4 is 31.4 Å². The molecule has 0 radical (unpaired) electrons. The maximum Gasteiger partial charge on any atom is 0.269 e. The van der Waals surface area contributed by atoms with Gasteiger partial charge in [-0.15, -0.1) is 0 Å². The molecule has 0 fully saturated rings. The Morgan fingerprint density at radius 3 is 1.29 bits per heavy atom. The third-order valence-corrected chi connectivity index (χ3v) is 7.47. The van der Waals surface area contributed by atoms with Crippen molar-refractivity contribution in [2.24, 2.45) is 0 Å². The Bertz CT molecular complexity index is 1320. The fourth-order valence-corrected chi connectivity index (χ4v) is 4.90. The van der Waals surface area contributed by atoms with E-state index in [4.69, 9.17) is 0 Å². The van der Waals surface area contributed by atoms with Gasteiger partial charge in [-0.2, -0.15) is 0 Å². The molecule has 12 nitrogen and oxygen atoms in total. The molecular weight excluding hydrogens is 488 g/mol. The second kappa shape index (κ2) is 10.0. The van der Waals surface area contributed by atoms with E-state index >= 15 is 0 Å². The quantitative estimate of drug-likeness (QED) is 0.311. The molecule has 3 aromatic rings. The summed E-state index contributed by atoms with van der Waals surface area (Å²) >= 11 is 0. The van der Waals surface area contributed by atoms with Crippen LogP contribution in [0.4, 0.5) is 11.4 Å². The number of nitrogens with one attached hydrogen (secondary N) is 2. The first-order chi connectivity index (χ1) is 16.0. The molecule has 178 valence electrons. The molecule has 2 N–H and O–H groups in total. The summed E-state index contributed by atoms with van der Waals surface area (Å²) in [7, 11) is -7.85. The highest BCUT2D eigenvalue weighted by Crippen LogP contribution is 2.18. The molecule has 0 aromatic heterocycles. The zero-order valence-electron chi connectivity index (χ0n) is 17.3. The number of sulfonamides is 2. The van der Waals surface area contributed by atoms with Crippen molar-refractivity contribution < 1.29 is 26.7 Å². The minimum Gasteiger partial charge on any atom is -0.258 e. The number of hydrogen-bond donors (Lipinski definition) is 2. The lowest BCUT2D eigenvalue weighted by molar-refractivity contribution is -0.385. The number of benzene rings is 3. The van der Waals surface area contributed by atoms with Gasteiger partial charge in [0.05, 0.1) is 19.6 Å². The lowest BCUT2D eigenvalue weighted by atomic mass is 10.1. The Morgan fingerprint density at radius 1 is 0.618 bits per heavy atom. The lowest BCUT2D eigenvalue weighted by Crippen LogP contribution is -2.24. The third-order valence-electron chi connectivity index (χ3n) is 4.64. The fourth-order valence-electron chi connectivity index (χ4n) is 2.87. The van der Waals surface area contributed by atoms with Crippen LogP contribution in [0.2, 0.25) is 0 Å². The van der Waals surface area contributed by atoms with Gasteiger partial charge in [0.1, 0.15) is 0 Å². The van der Waals surface area contributed by atoms with Crippen LogP contribution in [0.1, 0.15) is 11.1 Å². The number of rotatable bonds is 10. The van der Waals surface area contributed by atoms with Crippen molar-refractivity contribution in [2.75, 3.05) is 0 Å². The number of nitrogens with zero attached hydrogens (tertiary/aromatic N) is 2. The van der Waals surface area contributed by atoms with Gasteiger partial charge in [0.15, 0.2) is 0 Å². The monoisotopic (exact) mass is 506 g/mol. The van der Waals surface area contributed by atoms with Crippen LogP contribution in [0.3, 0.4) is 0 Å². The van der Waals surface area contributed by atoms with Gasteiger partial charge in [0.2, 0.25) is 20.0 Å². The number of nitro benzene ring substituents is 2. The van der Waals surface area contributed by atoms with Crippen molar-refractivity contribution in [2.45, 2.75) is 22.9 Å². The van der Waals surface area contributed by atoms with Crippen LogP contribution >= 0.6 is 0 Å². The van der Waals surface area contributed by atoms with E-state index < -0.39 is 29.9 Å². The number of non-ortho nitro benzene ring substituents is 2. The summed E-state index contributed by atoms with van der Waals surface area (Å²) in [4.78, 5) is 19.9. The van der Waals surface area contributed by atoms with Gasteiger partial charge in [-0.25, -0.2) is 26.3 Å². The molecule has 0 heterocycles. The van der Waals surface area contributed by atoms with Crippen LogP contribution in [0, 0.1) is 20.2 Å². The molecule has 34 heavy (non-hydrogen) atoms. The normalized spacial score (nSPS) is 11.8. The predicted molar refractivity (Wildman–Crippen MR) is 121 cm³/mol. The first kappa shape index (κ1) is 24.9. The van der Waals surface area contributed by atoms with Crippen LogP contribution in [0.5, 0.6) is 0 Å². The van der Waals surface area contributed by atoms with Crippen LogP contribution in [-0.4, -0.2) is 26.7 Å². The van der Waals surface area contributed by atoms with E-state index in [-0.39, 0.29) is 34.3 Å². The van der Waals surface area contributed by atoms with Crippen molar-refractivity contribution in [1.82, 2.24) is 9.44 Å². The molecular formula is C20H18N4O8S2. The molecule has 0 amide bonds. The molecule has 0 aliphatic carbocycles. The molecule has 0 saturated heterocycles. The third kappa shape index (κ3) is 6.20. The summed E-state index contributed by atoms with van der Waals surface area (Å²) in [6.07, 6.45) is 0. The van der Waals surface area contributed by atoms with E-state index in [9.17, 15) is 37.1 Å². The van der Waals surface area contributed by atoms with E-state index in [1.54, 1.807) is 24.3 Å². The predicted octanol–water partition coefficient (Wildman–Crippen LogP) is 2.46. The highest BCUT2D eigenvalue weighted by molar-refractivity contribution is 7.89. The Balaban J connectivity index is 1.64. The summed E-state index contributed by atoms with van der Waals surface area (Å²) in [5.41, 5.74) is 0.640. The summed E-state index contributed by atoms with van der Waals surface area (Å²) in [5.74, 6) is 0. The molecule has 3 aromatic carbocycles. The van der Waals surface area contributed by atoms with Crippen molar-refractivity contribution in [1.29, 1.82) is 0 Å². The first-order valence-electron chi connectivity index (χ1n) is 9.54. The van der Waals surface area contributed by atoms with Crippen molar-refractivity contribution in [3.63, 3.8) is 0 Å². The molecule has 0 saturated carbocycles. The minimum absolute atomic E-state index is 0.0950. The highest BCUT2D eigenvalue weighted by Gasteiger charge is 2.17. The molecule has 3 rings (SSSR count). The Kier molecular flexibility index (Phi) is 7.36. The summed E-state index contributed by atoms with van der Waals surface area (Å²) < 4.78 is 54.5. The van der Waals surface area contributed by atoms with Gasteiger partial charge in [-0.05, 0) is 35.4 Å². The second-order valence-corrected chi connectivity index (χ2v) is 10.5. The zero-order valence-corrected chi connectivity index (χ0v) is 19.0. The summed E-state index contributed by atoms with van der Waals surface area (Å²) in [6.45, 7) is -0.190. The van der Waals surface area contributed by atoms with Crippen molar-refractivity contribution in [3.8, 4) is 0 Å². The first-order valence-corrected chi connectivity index (χ1v) is 12.5. The van der Waals surface area contributed by atoms with E-state index in [2.05, 4.69) is 9.44 Å². The largest absolute Gasteiger partial charge is 0.269 e. The van der Waals surface area contributed by atoms with Gasteiger partial charge in [-0.1, -0.05) is 24.3 Å². The molecule has 0 spiro atoms. The maximum atomic E-state index is 12.4. The van der Waals surface area contributed by atoms with Crippen LogP contribution in [-0.2, 0) is 33.1 Å². The molecule has 0 unspecified atom stereocenters. The number of hydrogen-bond acceptors (Lipinski definition) is 8. The average molecular weight is 507 g/mol. The fraction of sp³-hybridized carbons (Fsp3) is 0.100. The van der Waals surface area contributed by atoms with Gasteiger partial charge in [-0.3, -0.25) is 20.2 Å². The maximum absolute atomic E-state index is 12.4. The number of nitro groups is 2. The van der Waals surface area contributed by atoms with E-state index in [0.29, 0.717) is 11.1 Å². The molecule has 0 bridgehead atoms. The molecule has 0 aliphatic rings. The molecule has 0 atom stereocenters. The van der Waals surface area contributed by atoms with Gasteiger partial charge in [0.25, 0.3) is 11.4 Å². The van der Waals surface area contributed by atoms with Gasteiger partial charge < -0.3 is 0 Å².